The van der Waals surface area contributed by atoms with Gasteiger partial charge in [0.05, 0.1) is 17.8 Å². The van der Waals surface area contributed by atoms with Gasteiger partial charge >= 0.3 is 5.84 Å². The SMILES string of the molecule is CC(C)(C)C(=Nc1ccccc1)[n+]1ccccc1. The first-order valence-corrected chi connectivity index (χ1v) is 6.18. The molecule has 0 radical (unpaired) electrons. The first-order chi connectivity index (χ1) is 8.57. The van der Waals surface area contributed by atoms with E-state index in [1.54, 1.807) is 0 Å². The number of benzene rings is 1. The lowest BCUT2D eigenvalue weighted by atomic mass is 9.94. The van der Waals surface area contributed by atoms with Crippen molar-refractivity contribution in [2.24, 2.45) is 10.4 Å². The lowest BCUT2D eigenvalue weighted by Gasteiger charge is -2.15. The fourth-order valence-corrected chi connectivity index (χ4v) is 1.78. The second-order valence-electron chi connectivity index (χ2n) is 5.30. The average molecular weight is 239 g/mol. The Morgan fingerprint density at radius 1 is 0.889 bits per heavy atom. The third-order valence-electron chi connectivity index (χ3n) is 2.62. The molecule has 0 unspecified atom stereocenters. The zero-order valence-corrected chi connectivity index (χ0v) is 11.2. The van der Waals surface area contributed by atoms with Crippen LogP contribution in [0.3, 0.4) is 0 Å². The second kappa shape index (κ2) is 5.13. The normalized spacial score (nSPS) is 12.5. The second-order valence-corrected chi connectivity index (χ2v) is 5.30. The van der Waals surface area contributed by atoms with Gasteiger partial charge in [-0.3, -0.25) is 0 Å². The van der Waals surface area contributed by atoms with Crippen molar-refractivity contribution in [2.45, 2.75) is 20.8 Å². The molecule has 1 heterocycles. The zero-order valence-electron chi connectivity index (χ0n) is 11.2. The van der Waals surface area contributed by atoms with Crippen LogP contribution in [0.4, 0.5) is 5.69 Å². The molecule has 0 saturated carbocycles. The Labute approximate surface area is 109 Å². The van der Waals surface area contributed by atoms with Crippen molar-refractivity contribution in [1.29, 1.82) is 0 Å². The van der Waals surface area contributed by atoms with E-state index < -0.39 is 0 Å². The molecule has 0 aliphatic heterocycles. The Kier molecular flexibility index (Phi) is 3.56. The van der Waals surface area contributed by atoms with E-state index in [1.807, 2.05) is 60.9 Å². The topological polar surface area (TPSA) is 16.2 Å². The van der Waals surface area contributed by atoms with Crippen molar-refractivity contribution in [3.05, 3.63) is 60.9 Å². The number of nitrogens with zero attached hydrogens (tertiary/aromatic N) is 2. The molecular formula is C16H19N2+. The molecule has 0 fully saturated rings. The molecule has 92 valence electrons. The van der Waals surface area contributed by atoms with Gasteiger partial charge in [-0.2, -0.15) is 0 Å². The maximum atomic E-state index is 4.78. The van der Waals surface area contributed by atoms with Crippen LogP contribution in [0.1, 0.15) is 20.8 Å². The van der Waals surface area contributed by atoms with E-state index >= 15 is 0 Å². The highest BCUT2D eigenvalue weighted by Gasteiger charge is 2.29. The van der Waals surface area contributed by atoms with Crippen molar-refractivity contribution in [3.63, 3.8) is 0 Å². The summed E-state index contributed by atoms with van der Waals surface area (Å²) in [5, 5.41) is 0. The van der Waals surface area contributed by atoms with Gasteiger partial charge in [0.1, 0.15) is 0 Å². The molecule has 0 aliphatic rings. The molecule has 2 rings (SSSR count). The highest BCUT2D eigenvalue weighted by molar-refractivity contribution is 5.81. The first kappa shape index (κ1) is 12.5. The Morgan fingerprint density at radius 3 is 2.00 bits per heavy atom. The van der Waals surface area contributed by atoms with Crippen LogP contribution in [0.5, 0.6) is 0 Å². The quantitative estimate of drug-likeness (QED) is 0.411. The summed E-state index contributed by atoms with van der Waals surface area (Å²) in [6.45, 7) is 6.53. The van der Waals surface area contributed by atoms with Gasteiger partial charge in [-0.15, -0.1) is 0 Å². The Morgan fingerprint density at radius 2 is 1.44 bits per heavy atom. The number of hydrogen-bond acceptors (Lipinski definition) is 1. The van der Waals surface area contributed by atoms with Gasteiger partial charge in [0.2, 0.25) is 0 Å². The van der Waals surface area contributed by atoms with Crippen LogP contribution in [-0.4, -0.2) is 5.84 Å². The van der Waals surface area contributed by atoms with Gasteiger partial charge in [0, 0.05) is 0 Å². The summed E-state index contributed by atoms with van der Waals surface area (Å²) in [5.41, 5.74) is 0.973. The summed E-state index contributed by atoms with van der Waals surface area (Å²) in [4.78, 5) is 4.78. The van der Waals surface area contributed by atoms with Gasteiger partial charge in [-0.1, -0.05) is 24.3 Å². The molecule has 1 aromatic heterocycles. The van der Waals surface area contributed by atoms with E-state index in [1.165, 1.54) is 0 Å². The standard InChI is InChI=1S/C16H19N2/c1-16(2,3)15(18-12-8-5-9-13-18)17-14-10-6-4-7-11-14/h4-13H,1-3H3/q+1. The Bertz CT molecular complexity index is 522. The highest BCUT2D eigenvalue weighted by Crippen LogP contribution is 2.19. The summed E-state index contributed by atoms with van der Waals surface area (Å²) in [6.07, 6.45) is 4.07. The largest absolute Gasteiger partial charge is 0.308 e. The number of aliphatic imine (C=N–C) groups is 1. The minimum Gasteiger partial charge on any atom is -0.207 e. The van der Waals surface area contributed by atoms with Crippen molar-refractivity contribution >= 4 is 11.5 Å². The van der Waals surface area contributed by atoms with Crippen molar-refractivity contribution in [2.75, 3.05) is 0 Å². The molecule has 0 saturated heterocycles. The van der Waals surface area contributed by atoms with E-state index in [9.17, 15) is 0 Å². The maximum absolute atomic E-state index is 4.78. The number of hydrogen-bond donors (Lipinski definition) is 0. The molecule has 2 nitrogen and oxygen atoms in total. The fraction of sp³-hybridized carbons (Fsp3) is 0.250. The molecule has 0 N–H and O–H groups in total. The Hall–Kier alpha value is -1.96. The number of aromatic nitrogens is 1. The van der Waals surface area contributed by atoms with Crippen LogP contribution in [0.15, 0.2) is 65.9 Å². The number of para-hydroxylation sites is 1. The Balaban J connectivity index is 2.48. The number of rotatable bonds is 1. The lowest BCUT2D eigenvalue weighted by molar-refractivity contribution is -0.562. The molecule has 0 aliphatic carbocycles. The van der Waals surface area contributed by atoms with Crippen LogP contribution < -0.4 is 4.57 Å². The average Bonchev–Trinajstić information content (AvgIpc) is 2.37. The molecule has 2 heteroatoms. The molecule has 0 amide bonds. The third-order valence-corrected chi connectivity index (χ3v) is 2.62. The van der Waals surface area contributed by atoms with Crippen molar-refractivity contribution in [3.8, 4) is 0 Å². The fourth-order valence-electron chi connectivity index (χ4n) is 1.78. The molecule has 0 bridgehead atoms. The predicted octanol–water partition coefficient (Wildman–Crippen LogP) is 3.60. The summed E-state index contributed by atoms with van der Waals surface area (Å²) in [6, 6.07) is 16.1. The minimum atomic E-state index is -0.0120. The van der Waals surface area contributed by atoms with Crippen LogP contribution in [0.25, 0.3) is 0 Å². The predicted molar refractivity (Wildman–Crippen MR) is 75.0 cm³/mol. The third kappa shape index (κ3) is 3.04. The first-order valence-electron chi connectivity index (χ1n) is 6.18. The molecule has 18 heavy (non-hydrogen) atoms. The lowest BCUT2D eigenvalue weighted by Crippen LogP contribution is -2.49. The van der Waals surface area contributed by atoms with Crippen molar-refractivity contribution < 1.29 is 4.57 Å². The molecular weight excluding hydrogens is 220 g/mol. The van der Waals surface area contributed by atoms with Crippen LogP contribution in [0.2, 0.25) is 0 Å². The van der Waals surface area contributed by atoms with E-state index in [0.29, 0.717) is 0 Å². The van der Waals surface area contributed by atoms with Gasteiger partial charge in [0.15, 0.2) is 5.69 Å². The summed E-state index contributed by atoms with van der Waals surface area (Å²) >= 11 is 0. The highest BCUT2D eigenvalue weighted by atomic mass is 15.1. The molecule has 1 aromatic carbocycles. The van der Waals surface area contributed by atoms with Crippen LogP contribution in [-0.2, 0) is 0 Å². The van der Waals surface area contributed by atoms with Crippen LogP contribution >= 0.6 is 0 Å². The summed E-state index contributed by atoms with van der Waals surface area (Å²) in [5.74, 6) is 1.04. The smallest absolute Gasteiger partial charge is 0.207 e. The minimum absolute atomic E-state index is 0.0120. The van der Waals surface area contributed by atoms with E-state index in [2.05, 4.69) is 25.3 Å². The van der Waals surface area contributed by atoms with Gasteiger partial charge in [-0.25, -0.2) is 4.57 Å². The van der Waals surface area contributed by atoms with E-state index in [-0.39, 0.29) is 5.41 Å². The molecule has 0 spiro atoms. The summed E-state index contributed by atoms with van der Waals surface area (Å²) in [7, 11) is 0. The molecule has 0 atom stereocenters. The van der Waals surface area contributed by atoms with Gasteiger partial charge < -0.3 is 0 Å². The van der Waals surface area contributed by atoms with E-state index in [0.717, 1.165) is 11.5 Å². The van der Waals surface area contributed by atoms with Crippen molar-refractivity contribution in [1.82, 2.24) is 0 Å². The van der Waals surface area contributed by atoms with Gasteiger partial charge in [0.25, 0.3) is 0 Å². The van der Waals surface area contributed by atoms with E-state index in [4.69, 9.17) is 4.99 Å². The maximum Gasteiger partial charge on any atom is 0.308 e. The monoisotopic (exact) mass is 239 g/mol. The van der Waals surface area contributed by atoms with Gasteiger partial charge in [-0.05, 0) is 50.0 Å². The van der Waals surface area contributed by atoms with Crippen LogP contribution in [0, 0.1) is 5.41 Å². The molecule has 2 aromatic rings. The number of pyridine rings is 1. The zero-order chi connectivity index (χ0) is 13.0. The summed E-state index contributed by atoms with van der Waals surface area (Å²) < 4.78 is 2.08.